The summed E-state index contributed by atoms with van der Waals surface area (Å²) in [7, 11) is 0. The predicted molar refractivity (Wildman–Crippen MR) is 78.1 cm³/mol. The Balaban J connectivity index is 1.60. The number of aliphatic hydroxyl groups is 1. The van der Waals surface area contributed by atoms with E-state index in [4.69, 9.17) is 0 Å². The maximum absolute atomic E-state index is 9.26. The number of likely N-dealkylation sites (tertiary alicyclic amines) is 1. The maximum atomic E-state index is 9.26. The first-order chi connectivity index (χ1) is 9.30. The van der Waals surface area contributed by atoms with Gasteiger partial charge in [0.05, 0.1) is 0 Å². The summed E-state index contributed by atoms with van der Waals surface area (Å²) in [4.78, 5) is 2.75. The fourth-order valence-electron chi connectivity index (χ4n) is 3.98. The fourth-order valence-corrected chi connectivity index (χ4v) is 3.98. The zero-order chi connectivity index (χ0) is 13.2. The average molecular weight is 266 g/mol. The first-order valence-electron chi connectivity index (χ1n) is 8.41. The Morgan fingerprint density at radius 2 is 1.95 bits per heavy atom. The van der Waals surface area contributed by atoms with E-state index in [9.17, 15) is 5.11 Å². The predicted octanol–water partition coefficient (Wildman–Crippen LogP) is 2.00. The van der Waals surface area contributed by atoms with Gasteiger partial charge < -0.3 is 10.4 Å². The van der Waals surface area contributed by atoms with E-state index in [-0.39, 0.29) is 0 Å². The van der Waals surface area contributed by atoms with Gasteiger partial charge in [-0.05, 0) is 56.8 Å². The molecule has 0 radical (unpaired) electrons. The topological polar surface area (TPSA) is 35.5 Å². The van der Waals surface area contributed by atoms with Crippen molar-refractivity contribution in [3.8, 4) is 0 Å². The Morgan fingerprint density at radius 3 is 2.53 bits per heavy atom. The summed E-state index contributed by atoms with van der Waals surface area (Å²) in [5, 5.41) is 13.1. The highest BCUT2D eigenvalue weighted by molar-refractivity contribution is 4.95. The molecule has 0 aromatic rings. The van der Waals surface area contributed by atoms with Crippen LogP contribution in [-0.2, 0) is 0 Å². The van der Waals surface area contributed by atoms with Crippen LogP contribution in [-0.4, -0.2) is 47.8 Å². The molecule has 110 valence electrons. The quantitative estimate of drug-likeness (QED) is 0.740. The molecule has 19 heavy (non-hydrogen) atoms. The van der Waals surface area contributed by atoms with E-state index in [2.05, 4.69) is 17.1 Å². The van der Waals surface area contributed by atoms with Crippen LogP contribution >= 0.6 is 0 Å². The monoisotopic (exact) mass is 266 g/mol. The lowest BCUT2D eigenvalue weighted by molar-refractivity contribution is 0.0727. The molecule has 2 saturated carbocycles. The third-order valence-electron chi connectivity index (χ3n) is 5.21. The van der Waals surface area contributed by atoms with Crippen molar-refractivity contribution in [3.05, 3.63) is 0 Å². The minimum atomic E-state index is 0.356. The number of nitrogens with zero attached hydrogens (tertiary/aromatic N) is 1. The molecule has 3 atom stereocenters. The van der Waals surface area contributed by atoms with Crippen LogP contribution in [0, 0.1) is 11.8 Å². The third kappa shape index (κ3) is 3.71. The number of piperidine rings is 1. The van der Waals surface area contributed by atoms with Crippen LogP contribution < -0.4 is 5.32 Å². The fraction of sp³-hybridized carbons (Fsp3) is 1.00. The molecule has 3 heteroatoms. The Morgan fingerprint density at radius 1 is 1.16 bits per heavy atom. The van der Waals surface area contributed by atoms with Crippen LogP contribution in [0.3, 0.4) is 0 Å². The highest BCUT2D eigenvalue weighted by atomic mass is 16.3. The molecule has 0 aromatic carbocycles. The summed E-state index contributed by atoms with van der Waals surface area (Å²) >= 11 is 0. The van der Waals surface area contributed by atoms with Gasteiger partial charge in [-0.3, -0.25) is 4.90 Å². The van der Waals surface area contributed by atoms with Gasteiger partial charge in [-0.1, -0.05) is 6.92 Å². The molecule has 3 aliphatic rings. The molecule has 1 aliphatic heterocycles. The molecule has 0 bridgehead atoms. The molecule has 1 saturated heterocycles. The van der Waals surface area contributed by atoms with Crippen molar-refractivity contribution in [2.45, 2.75) is 70.0 Å². The van der Waals surface area contributed by atoms with Crippen molar-refractivity contribution in [2.75, 3.05) is 19.7 Å². The van der Waals surface area contributed by atoms with Gasteiger partial charge in [-0.15, -0.1) is 0 Å². The van der Waals surface area contributed by atoms with Gasteiger partial charge in [-0.25, -0.2) is 0 Å². The van der Waals surface area contributed by atoms with Gasteiger partial charge in [0.25, 0.3) is 0 Å². The van der Waals surface area contributed by atoms with E-state index in [0.717, 1.165) is 24.4 Å². The molecular formula is C16H30N2O. The third-order valence-corrected chi connectivity index (χ3v) is 5.21. The van der Waals surface area contributed by atoms with Crippen LogP contribution in [0.2, 0.25) is 0 Å². The maximum Gasteiger partial charge on any atom is 0.0434 e. The normalized spacial score (nSPS) is 34.4. The van der Waals surface area contributed by atoms with Crippen molar-refractivity contribution >= 4 is 0 Å². The van der Waals surface area contributed by atoms with Gasteiger partial charge in [0.1, 0.15) is 0 Å². The van der Waals surface area contributed by atoms with Crippen LogP contribution in [0.15, 0.2) is 0 Å². The van der Waals surface area contributed by atoms with E-state index < -0.39 is 0 Å². The Kier molecular flexibility index (Phi) is 4.45. The standard InChI is InChI=1S/C16H30N2O/c1-2-16(13-3-4-13)18-10-12(7-8-19)9-15(11-18)17-14-5-6-14/h12-17,19H,2-11H2,1H3. The van der Waals surface area contributed by atoms with E-state index >= 15 is 0 Å². The molecule has 3 rings (SSSR count). The molecule has 3 unspecified atom stereocenters. The zero-order valence-electron chi connectivity index (χ0n) is 12.4. The lowest BCUT2D eigenvalue weighted by Gasteiger charge is -2.42. The van der Waals surface area contributed by atoms with E-state index in [1.807, 2.05) is 0 Å². The summed E-state index contributed by atoms with van der Waals surface area (Å²) in [6.07, 6.45) is 9.20. The average Bonchev–Trinajstić information content (AvgIpc) is 3.24. The van der Waals surface area contributed by atoms with Crippen LogP contribution in [0.5, 0.6) is 0 Å². The van der Waals surface area contributed by atoms with Crippen molar-refractivity contribution in [1.82, 2.24) is 10.2 Å². The largest absolute Gasteiger partial charge is 0.396 e. The summed E-state index contributed by atoms with van der Waals surface area (Å²) in [5.41, 5.74) is 0. The molecular weight excluding hydrogens is 236 g/mol. The molecule has 2 aliphatic carbocycles. The Labute approximate surface area is 117 Å². The van der Waals surface area contributed by atoms with Gasteiger partial charge in [0.2, 0.25) is 0 Å². The number of rotatable bonds is 7. The summed E-state index contributed by atoms with van der Waals surface area (Å²) in [5.74, 6) is 1.67. The lowest BCUT2D eigenvalue weighted by Crippen LogP contribution is -2.53. The van der Waals surface area contributed by atoms with Gasteiger partial charge in [-0.2, -0.15) is 0 Å². The Bertz CT molecular complexity index is 288. The number of hydrogen-bond donors (Lipinski definition) is 2. The highest BCUT2D eigenvalue weighted by Gasteiger charge is 2.39. The SMILES string of the molecule is CCC(C1CC1)N1CC(CCO)CC(NC2CC2)C1. The lowest BCUT2D eigenvalue weighted by atomic mass is 9.89. The molecule has 2 N–H and O–H groups in total. The highest BCUT2D eigenvalue weighted by Crippen LogP contribution is 2.38. The van der Waals surface area contributed by atoms with E-state index in [1.165, 1.54) is 51.6 Å². The molecule has 3 nitrogen and oxygen atoms in total. The van der Waals surface area contributed by atoms with E-state index in [0.29, 0.717) is 18.6 Å². The van der Waals surface area contributed by atoms with Gasteiger partial charge in [0, 0.05) is 37.8 Å². The van der Waals surface area contributed by atoms with Crippen LogP contribution in [0.1, 0.15) is 51.9 Å². The number of aliphatic hydroxyl groups excluding tert-OH is 1. The summed E-state index contributed by atoms with van der Waals surface area (Å²) in [6, 6.07) is 2.29. The second kappa shape index (κ2) is 6.11. The summed E-state index contributed by atoms with van der Waals surface area (Å²) in [6.45, 7) is 5.17. The molecule has 1 heterocycles. The minimum Gasteiger partial charge on any atom is -0.396 e. The van der Waals surface area contributed by atoms with Crippen molar-refractivity contribution < 1.29 is 5.11 Å². The molecule has 3 fully saturated rings. The van der Waals surface area contributed by atoms with E-state index in [1.54, 1.807) is 0 Å². The molecule has 0 amide bonds. The summed E-state index contributed by atoms with van der Waals surface area (Å²) < 4.78 is 0. The number of nitrogens with one attached hydrogen (secondary N) is 1. The smallest absolute Gasteiger partial charge is 0.0434 e. The number of hydrogen-bond acceptors (Lipinski definition) is 3. The molecule has 0 spiro atoms. The van der Waals surface area contributed by atoms with Crippen molar-refractivity contribution in [2.24, 2.45) is 11.8 Å². The van der Waals surface area contributed by atoms with Gasteiger partial charge >= 0.3 is 0 Å². The first-order valence-corrected chi connectivity index (χ1v) is 8.41. The second-order valence-corrected chi connectivity index (χ2v) is 7.02. The molecule has 0 aromatic heterocycles. The zero-order valence-corrected chi connectivity index (χ0v) is 12.4. The minimum absolute atomic E-state index is 0.356. The van der Waals surface area contributed by atoms with Gasteiger partial charge in [0.15, 0.2) is 0 Å². The second-order valence-electron chi connectivity index (χ2n) is 7.02. The first kappa shape index (κ1) is 13.8. The van der Waals surface area contributed by atoms with Crippen molar-refractivity contribution in [3.63, 3.8) is 0 Å². The van der Waals surface area contributed by atoms with Crippen LogP contribution in [0.4, 0.5) is 0 Å². The van der Waals surface area contributed by atoms with Crippen LogP contribution in [0.25, 0.3) is 0 Å². The van der Waals surface area contributed by atoms with Crippen molar-refractivity contribution in [1.29, 1.82) is 0 Å². The Hall–Kier alpha value is -0.120.